The number of allylic oxidation sites excluding steroid dienone is 1. The zero-order valence-corrected chi connectivity index (χ0v) is 16.3. The van der Waals surface area contributed by atoms with Crippen LogP contribution >= 0.6 is 11.9 Å². The summed E-state index contributed by atoms with van der Waals surface area (Å²) in [5, 5.41) is 3.64. The summed E-state index contributed by atoms with van der Waals surface area (Å²) in [6.07, 6.45) is 4.60. The van der Waals surface area contributed by atoms with E-state index in [1.807, 2.05) is 0 Å². The molecule has 3 nitrogen and oxygen atoms in total. The van der Waals surface area contributed by atoms with E-state index in [2.05, 4.69) is 73.4 Å². The monoisotopic (exact) mass is 343 g/mol. The van der Waals surface area contributed by atoms with Crippen LogP contribution in [0.4, 0.5) is 0 Å². The predicted octanol–water partition coefficient (Wildman–Crippen LogP) is 4.54. The number of nitrogens with zero attached hydrogens (tertiary/aromatic N) is 2. The van der Waals surface area contributed by atoms with Crippen LogP contribution in [0, 0.1) is 6.92 Å². The summed E-state index contributed by atoms with van der Waals surface area (Å²) < 4.78 is 2.29. The van der Waals surface area contributed by atoms with Crippen molar-refractivity contribution in [3.63, 3.8) is 0 Å². The summed E-state index contributed by atoms with van der Waals surface area (Å²) in [5.74, 6) is 0. The van der Waals surface area contributed by atoms with Crippen LogP contribution in [0.15, 0.2) is 36.2 Å². The van der Waals surface area contributed by atoms with E-state index in [-0.39, 0.29) is 6.04 Å². The topological polar surface area (TPSA) is 18.3 Å². The summed E-state index contributed by atoms with van der Waals surface area (Å²) in [4.78, 5) is 2.40. The molecule has 2 heterocycles. The van der Waals surface area contributed by atoms with Crippen molar-refractivity contribution in [2.75, 3.05) is 19.8 Å². The van der Waals surface area contributed by atoms with Crippen molar-refractivity contribution in [2.45, 2.75) is 45.7 Å². The van der Waals surface area contributed by atoms with E-state index in [0.29, 0.717) is 6.04 Å². The average Bonchev–Trinajstić information content (AvgIpc) is 2.99. The third-order valence-corrected chi connectivity index (χ3v) is 6.14. The van der Waals surface area contributed by atoms with Gasteiger partial charge in [-0.25, -0.2) is 0 Å². The molecule has 2 atom stereocenters. The molecule has 130 valence electrons. The average molecular weight is 344 g/mol. The summed E-state index contributed by atoms with van der Waals surface area (Å²) in [6, 6.07) is 7.59. The van der Waals surface area contributed by atoms with E-state index in [4.69, 9.17) is 0 Å². The van der Waals surface area contributed by atoms with Crippen LogP contribution in [0.1, 0.15) is 49.4 Å². The SMILES string of the molecule is C=C(NC(C)c1ccc(C2=C(C)N2SC)cc1C)C1CCCN1C. The van der Waals surface area contributed by atoms with Crippen molar-refractivity contribution >= 4 is 17.6 Å². The molecule has 0 amide bonds. The zero-order chi connectivity index (χ0) is 17.4. The molecule has 0 spiro atoms. The molecular formula is C20H29N3S. The minimum absolute atomic E-state index is 0.284. The van der Waals surface area contributed by atoms with Crippen LogP contribution in [0.2, 0.25) is 0 Å². The molecule has 2 aliphatic rings. The Kier molecular flexibility index (Phi) is 4.97. The number of likely N-dealkylation sites (tertiary alicyclic amines) is 1. The first-order valence-electron chi connectivity index (χ1n) is 8.75. The molecule has 3 rings (SSSR count). The van der Waals surface area contributed by atoms with Crippen molar-refractivity contribution in [3.8, 4) is 0 Å². The van der Waals surface area contributed by atoms with Crippen molar-refractivity contribution in [1.29, 1.82) is 0 Å². The number of aryl methyl sites for hydroxylation is 1. The Labute approximate surface area is 150 Å². The molecule has 1 saturated heterocycles. The lowest BCUT2D eigenvalue weighted by Gasteiger charge is -2.27. The highest BCUT2D eigenvalue weighted by atomic mass is 32.2. The number of nitrogens with one attached hydrogen (secondary N) is 1. The van der Waals surface area contributed by atoms with Gasteiger partial charge in [-0.15, -0.1) is 0 Å². The molecule has 0 aliphatic carbocycles. The third kappa shape index (κ3) is 3.22. The van der Waals surface area contributed by atoms with Crippen LogP contribution < -0.4 is 5.32 Å². The quantitative estimate of drug-likeness (QED) is 0.764. The highest BCUT2D eigenvalue weighted by Crippen LogP contribution is 2.45. The van der Waals surface area contributed by atoms with Gasteiger partial charge in [0.25, 0.3) is 0 Å². The van der Waals surface area contributed by atoms with E-state index in [1.165, 1.54) is 47.5 Å². The van der Waals surface area contributed by atoms with Gasteiger partial charge in [0.2, 0.25) is 0 Å². The van der Waals surface area contributed by atoms with E-state index >= 15 is 0 Å². The van der Waals surface area contributed by atoms with Crippen LogP contribution in [0.5, 0.6) is 0 Å². The minimum atomic E-state index is 0.284. The maximum absolute atomic E-state index is 4.30. The van der Waals surface area contributed by atoms with Gasteiger partial charge in [0.15, 0.2) is 0 Å². The smallest absolute Gasteiger partial charge is 0.0796 e. The first-order chi connectivity index (χ1) is 11.4. The van der Waals surface area contributed by atoms with Crippen molar-refractivity contribution in [3.05, 3.63) is 52.9 Å². The van der Waals surface area contributed by atoms with Gasteiger partial charge in [0, 0.05) is 29.6 Å². The van der Waals surface area contributed by atoms with Crippen LogP contribution in [-0.2, 0) is 0 Å². The first-order valence-corrected chi connectivity index (χ1v) is 9.93. The summed E-state index contributed by atoms with van der Waals surface area (Å²) in [7, 11) is 2.19. The van der Waals surface area contributed by atoms with E-state index in [0.717, 1.165) is 5.70 Å². The number of likely N-dealkylation sites (N-methyl/N-ethyl adjacent to an activating group) is 1. The lowest BCUT2D eigenvalue weighted by atomic mass is 9.98. The zero-order valence-electron chi connectivity index (χ0n) is 15.5. The van der Waals surface area contributed by atoms with Gasteiger partial charge >= 0.3 is 0 Å². The second-order valence-electron chi connectivity index (χ2n) is 7.01. The Bertz CT molecular complexity index is 679. The standard InChI is InChI=1S/C20H29N3S/c1-13-12-17(20-16(4)23(20)24-6)9-10-18(13)14(2)21-15(3)19-8-7-11-22(19)5/h9-10,12,14,19,21H,3,7-8,11H2,1-2,4-6H3. The van der Waals surface area contributed by atoms with Crippen LogP contribution in [-0.4, -0.2) is 35.1 Å². The molecule has 2 unspecified atom stereocenters. The Hall–Kier alpha value is -1.39. The Balaban J connectivity index is 1.69. The number of benzene rings is 1. The Morgan fingerprint density at radius 2 is 2.12 bits per heavy atom. The second-order valence-corrected chi connectivity index (χ2v) is 7.74. The van der Waals surface area contributed by atoms with E-state index in [1.54, 1.807) is 11.9 Å². The van der Waals surface area contributed by atoms with Gasteiger partial charge in [0.05, 0.1) is 11.4 Å². The molecule has 24 heavy (non-hydrogen) atoms. The number of rotatable bonds is 6. The lowest BCUT2D eigenvalue weighted by Crippen LogP contribution is -2.34. The fourth-order valence-electron chi connectivity index (χ4n) is 3.89. The van der Waals surface area contributed by atoms with Gasteiger partial charge in [-0.05, 0) is 76.3 Å². The fourth-order valence-corrected chi connectivity index (χ4v) is 4.63. The van der Waals surface area contributed by atoms with Gasteiger partial charge in [-0.1, -0.05) is 18.7 Å². The molecule has 1 N–H and O–H groups in total. The largest absolute Gasteiger partial charge is 0.381 e. The molecule has 0 saturated carbocycles. The maximum atomic E-state index is 4.30. The molecule has 0 bridgehead atoms. The summed E-state index contributed by atoms with van der Waals surface area (Å²) in [6.45, 7) is 12.1. The third-order valence-electron chi connectivity index (χ3n) is 5.32. The molecule has 1 aromatic carbocycles. The highest BCUT2D eigenvalue weighted by Gasteiger charge is 2.30. The highest BCUT2D eigenvalue weighted by molar-refractivity contribution is 7.97. The number of hydrogen-bond donors (Lipinski definition) is 1. The van der Waals surface area contributed by atoms with Crippen molar-refractivity contribution in [2.24, 2.45) is 0 Å². The first kappa shape index (κ1) is 17.4. The normalized spacial score (nSPS) is 22.0. The summed E-state index contributed by atoms with van der Waals surface area (Å²) >= 11 is 1.77. The Morgan fingerprint density at radius 1 is 1.38 bits per heavy atom. The second kappa shape index (κ2) is 6.85. The van der Waals surface area contributed by atoms with Gasteiger partial charge in [-0.2, -0.15) is 0 Å². The minimum Gasteiger partial charge on any atom is -0.381 e. The van der Waals surface area contributed by atoms with E-state index in [9.17, 15) is 0 Å². The maximum Gasteiger partial charge on any atom is 0.0796 e. The molecule has 1 aromatic rings. The summed E-state index contributed by atoms with van der Waals surface area (Å²) in [5.41, 5.74) is 7.92. The molecule has 0 aromatic heterocycles. The molecular weight excluding hydrogens is 314 g/mol. The van der Waals surface area contributed by atoms with Crippen molar-refractivity contribution in [1.82, 2.24) is 14.5 Å². The van der Waals surface area contributed by atoms with Crippen LogP contribution in [0.3, 0.4) is 0 Å². The van der Waals surface area contributed by atoms with Gasteiger partial charge in [-0.3, -0.25) is 9.21 Å². The van der Waals surface area contributed by atoms with E-state index < -0.39 is 0 Å². The molecule has 2 aliphatic heterocycles. The van der Waals surface area contributed by atoms with Gasteiger partial charge in [0.1, 0.15) is 0 Å². The van der Waals surface area contributed by atoms with Gasteiger partial charge < -0.3 is 5.32 Å². The number of hydrogen-bond acceptors (Lipinski definition) is 4. The molecule has 4 heteroatoms. The lowest BCUT2D eigenvalue weighted by molar-refractivity contribution is 0.329. The fraction of sp³-hybridized carbons (Fsp3) is 0.500. The molecule has 1 fully saturated rings. The Morgan fingerprint density at radius 3 is 2.67 bits per heavy atom. The predicted molar refractivity (Wildman–Crippen MR) is 105 cm³/mol. The van der Waals surface area contributed by atoms with Crippen LogP contribution in [0.25, 0.3) is 5.70 Å². The van der Waals surface area contributed by atoms with Crippen molar-refractivity contribution < 1.29 is 0 Å². The molecule has 0 radical (unpaired) electrons.